The third-order valence-corrected chi connectivity index (χ3v) is 5.00. The molecule has 1 aromatic heterocycles. The molecule has 1 aliphatic heterocycles. The fourth-order valence-electron chi connectivity index (χ4n) is 2.95. The summed E-state index contributed by atoms with van der Waals surface area (Å²) in [5.74, 6) is 3.37. The minimum absolute atomic E-state index is 0.0421. The molecule has 0 unspecified atom stereocenters. The van der Waals surface area contributed by atoms with Crippen molar-refractivity contribution >= 4 is 23.6 Å². The van der Waals surface area contributed by atoms with Crippen LogP contribution in [-0.4, -0.2) is 53.0 Å². The van der Waals surface area contributed by atoms with Crippen LogP contribution >= 0.6 is 11.8 Å². The Bertz CT molecular complexity index is 505. The van der Waals surface area contributed by atoms with E-state index in [-0.39, 0.29) is 12.1 Å². The van der Waals surface area contributed by atoms with Crippen molar-refractivity contribution in [2.24, 2.45) is 7.05 Å². The molecule has 0 spiro atoms. The summed E-state index contributed by atoms with van der Waals surface area (Å²) >= 11 is 1.91. The second-order valence-corrected chi connectivity index (χ2v) is 7.40. The summed E-state index contributed by atoms with van der Waals surface area (Å²) < 4.78 is 1.92. The number of aromatic nitrogens is 2. The Labute approximate surface area is 143 Å². The number of thioether (sulfide) groups is 1. The number of piperidine rings is 1. The Morgan fingerprint density at radius 1 is 1.52 bits per heavy atom. The van der Waals surface area contributed by atoms with Gasteiger partial charge in [0.2, 0.25) is 0 Å². The number of amides is 2. The second kappa shape index (κ2) is 9.05. The Balaban J connectivity index is 1.75. The highest BCUT2D eigenvalue weighted by Crippen LogP contribution is 2.20. The number of carbonyl (C=O) groups is 1. The molecule has 0 saturated carbocycles. The first-order valence-corrected chi connectivity index (χ1v) is 9.63. The van der Waals surface area contributed by atoms with Gasteiger partial charge in [0.05, 0.1) is 5.69 Å². The van der Waals surface area contributed by atoms with Gasteiger partial charge in [-0.2, -0.15) is 16.9 Å². The van der Waals surface area contributed by atoms with Gasteiger partial charge >= 0.3 is 6.03 Å². The van der Waals surface area contributed by atoms with Crippen LogP contribution in [-0.2, 0) is 7.05 Å². The summed E-state index contributed by atoms with van der Waals surface area (Å²) in [7, 11) is 1.97. The SMILES string of the molecule is CCSCCCNC(=O)N[C@@H]1CCCN(c2cc(C)nn2C)C1. The molecule has 6 nitrogen and oxygen atoms in total. The minimum atomic E-state index is -0.0421. The lowest BCUT2D eigenvalue weighted by Gasteiger charge is -2.34. The monoisotopic (exact) mass is 339 g/mol. The molecule has 0 bridgehead atoms. The minimum Gasteiger partial charge on any atom is -0.355 e. The van der Waals surface area contributed by atoms with Crippen molar-refractivity contribution in [3.05, 3.63) is 11.8 Å². The van der Waals surface area contributed by atoms with Crippen LogP contribution in [0, 0.1) is 6.92 Å². The first-order chi connectivity index (χ1) is 11.1. The Morgan fingerprint density at radius 2 is 2.35 bits per heavy atom. The lowest BCUT2D eigenvalue weighted by molar-refractivity contribution is 0.235. The highest BCUT2D eigenvalue weighted by atomic mass is 32.2. The highest BCUT2D eigenvalue weighted by Gasteiger charge is 2.23. The van der Waals surface area contributed by atoms with Gasteiger partial charge in [0.15, 0.2) is 0 Å². The van der Waals surface area contributed by atoms with Crippen LogP contribution in [0.3, 0.4) is 0 Å². The van der Waals surface area contributed by atoms with Crippen LogP contribution in [0.2, 0.25) is 0 Å². The summed E-state index contributed by atoms with van der Waals surface area (Å²) in [6.07, 6.45) is 3.14. The van der Waals surface area contributed by atoms with Gasteiger partial charge in [0.25, 0.3) is 0 Å². The molecular weight excluding hydrogens is 310 g/mol. The van der Waals surface area contributed by atoms with Gasteiger partial charge < -0.3 is 15.5 Å². The number of carbonyl (C=O) groups excluding carboxylic acids is 1. The maximum atomic E-state index is 12.0. The molecule has 2 rings (SSSR count). The Morgan fingerprint density at radius 3 is 3.04 bits per heavy atom. The van der Waals surface area contributed by atoms with E-state index in [1.54, 1.807) is 0 Å². The van der Waals surface area contributed by atoms with Gasteiger partial charge in [-0.3, -0.25) is 4.68 Å². The van der Waals surface area contributed by atoms with Crippen LogP contribution in [0.25, 0.3) is 0 Å². The summed E-state index contributed by atoms with van der Waals surface area (Å²) in [5.41, 5.74) is 1.03. The van der Waals surface area contributed by atoms with E-state index >= 15 is 0 Å². The molecule has 1 aliphatic rings. The molecule has 2 heterocycles. The number of nitrogens with zero attached hydrogens (tertiary/aromatic N) is 3. The zero-order chi connectivity index (χ0) is 16.7. The van der Waals surface area contributed by atoms with Crippen LogP contribution in [0.1, 0.15) is 31.9 Å². The largest absolute Gasteiger partial charge is 0.355 e. The van der Waals surface area contributed by atoms with E-state index in [4.69, 9.17) is 0 Å². The normalized spacial score (nSPS) is 18.0. The molecule has 130 valence electrons. The average Bonchev–Trinajstić information content (AvgIpc) is 2.86. The van der Waals surface area contributed by atoms with Crippen molar-refractivity contribution < 1.29 is 4.79 Å². The van der Waals surface area contributed by atoms with E-state index in [2.05, 4.69) is 33.6 Å². The molecule has 2 N–H and O–H groups in total. The molecule has 1 fully saturated rings. The molecule has 1 atom stereocenters. The number of rotatable bonds is 7. The molecule has 1 aromatic rings. The van der Waals surface area contributed by atoms with Gasteiger partial charge in [0, 0.05) is 38.8 Å². The Hall–Kier alpha value is -1.37. The van der Waals surface area contributed by atoms with Crippen LogP contribution in [0.15, 0.2) is 6.07 Å². The van der Waals surface area contributed by atoms with E-state index in [1.807, 2.05) is 30.4 Å². The predicted octanol–water partition coefficient (Wildman–Crippen LogP) is 2.14. The molecular formula is C16H29N5OS. The fourth-order valence-corrected chi connectivity index (χ4v) is 3.59. The topological polar surface area (TPSA) is 62.2 Å². The first-order valence-electron chi connectivity index (χ1n) is 8.48. The van der Waals surface area contributed by atoms with E-state index in [1.165, 1.54) is 0 Å². The van der Waals surface area contributed by atoms with E-state index < -0.39 is 0 Å². The number of anilines is 1. The zero-order valence-corrected chi connectivity index (χ0v) is 15.3. The summed E-state index contributed by atoms with van der Waals surface area (Å²) in [6.45, 7) is 6.78. The van der Waals surface area contributed by atoms with E-state index in [0.717, 1.165) is 61.9 Å². The molecule has 2 amide bonds. The van der Waals surface area contributed by atoms with Gasteiger partial charge in [-0.15, -0.1) is 0 Å². The van der Waals surface area contributed by atoms with Crippen LogP contribution < -0.4 is 15.5 Å². The standard InChI is InChI=1S/C16H29N5OS/c1-4-23-10-6-8-17-16(22)18-14-7-5-9-21(12-14)15-11-13(2)19-20(15)3/h11,14H,4-10,12H2,1-3H3,(H2,17,18,22)/t14-/m1/s1. The van der Waals surface area contributed by atoms with Crippen molar-refractivity contribution in [1.29, 1.82) is 0 Å². The van der Waals surface area contributed by atoms with Gasteiger partial charge in [-0.1, -0.05) is 6.92 Å². The predicted molar refractivity (Wildman–Crippen MR) is 97.3 cm³/mol. The number of aryl methyl sites for hydroxylation is 2. The number of nitrogens with one attached hydrogen (secondary N) is 2. The third kappa shape index (κ3) is 5.64. The summed E-state index contributed by atoms with van der Waals surface area (Å²) in [6, 6.07) is 2.26. The number of urea groups is 1. The second-order valence-electron chi connectivity index (χ2n) is 6.00. The number of hydrogen-bond acceptors (Lipinski definition) is 4. The molecule has 0 aliphatic carbocycles. The molecule has 7 heteroatoms. The van der Waals surface area contributed by atoms with Crippen LogP contribution in [0.5, 0.6) is 0 Å². The maximum absolute atomic E-state index is 12.0. The Kier molecular flexibility index (Phi) is 7.08. The first kappa shape index (κ1) is 18.0. The zero-order valence-electron chi connectivity index (χ0n) is 14.5. The smallest absolute Gasteiger partial charge is 0.315 e. The van der Waals surface area contributed by atoms with Crippen LogP contribution in [0.4, 0.5) is 10.6 Å². The summed E-state index contributed by atoms with van der Waals surface area (Å²) in [4.78, 5) is 14.3. The molecule has 0 aromatic carbocycles. The lowest BCUT2D eigenvalue weighted by atomic mass is 10.1. The molecule has 23 heavy (non-hydrogen) atoms. The molecule has 0 radical (unpaired) electrons. The maximum Gasteiger partial charge on any atom is 0.315 e. The molecule has 1 saturated heterocycles. The van der Waals surface area contributed by atoms with E-state index in [0.29, 0.717) is 0 Å². The van der Waals surface area contributed by atoms with Gasteiger partial charge in [-0.25, -0.2) is 4.79 Å². The fraction of sp³-hybridized carbons (Fsp3) is 0.750. The van der Waals surface area contributed by atoms with Crippen molar-refractivity contribution in [1.82, 2.24) is 20.4 Å². The third-order valence-electron chi connectivity index (χ3n) is 4.01. The van der Waals surface area contributed by atoms with E-state index in [9.17, 15) is 4.79 Å². The van der Waals surface area contributed by atoms with Crippen molar-refractivity contribution in [2.75, 3.05) is 36.0 Å². The van der Waals surface area contributed by atoms with Gasteiger partial charge in [0.1, 0.15) is 5.82 Å². The van der Waals surface area contributed by atoms with Crippen molar-refractivity contribution in [3.63, 3.8) is 0 Å². The van der Waals surface area contributed by atoms with Crippen molar-refractivity contribution in [2.45, 2.75) is 39.2 Å². The average molecular weight is 340 g/mol. The van der Waals surface area contributed by atoms with Gasteiger partial charge in [-0.05, 0) is 37.7 Å². The summed E-state index contributed by atoms with van der Waals surface area (Å²) in [5, 5.41) is 10.5. The lowest BCUT2D eigenvalue weighted by Crippen LogP contribution is -2.51. The highest BCUT2D eigenvalue weighted by molar-refractivity contribution is 7.99. The number of hydrogen-bond donors (Lipinski definition) is 2. The van der Waals surface area contributed by atoms with Crippen molar-refractivity contribution in [3.8, 4) is 0 Å². The quantitative estimate of drug-likeness (QED) is 0.747.